The molecular formula is C16H12Cl2O2S. The maximum Gasteiger partial charge on any atom is 0.328 e. The number of thioether (sulfide) groups is 1. The van der Waals surface area contributed by atoms with Gasteiger partial charge in [-0.05, 0) is 35.4 Å². The smallest absolute Gasteiger partial charge is 0.328 e. The van der Waals surface area contributed by atoms with Crippen LogP contribution in [0.1, 0.15) is 11.1 Å². The van der Waals surface area contributed by atoms with E-state index in [9.17, 15) is 4.79 Å². The van der Waals surface area contributed by atoms with Crippen LogP contribution in [0.5, 0.6) is 0 Å². The topological polar surface area (TPSA) is 37.3 Å². The monoisotopic (exact) mass is 338 g/mol. The second-order valence-corrected chi connectivity index (χ2v) is 6.14. The molecule has 0 amide bonds. The Morgan fingerprint density at radius 3 is 2.76 bits per heavy atom. The van der Waals surface area contributed by atoms with Crippen LogP contribution in [0.3, 0.4) is 0 Å². The van der Waals surface area contributed by atoms with Crippen LogP contribution < -0.4 is 0 Å². The van der Waals surface area contributed by atoms with Crippen LogP contribution in [0.4, 0.5) is 0 Å². The first-order chi connectivity index (χ1) is 10.0. The van der Waals surface area contributed by atoms with E-state index >= 15 is 0 Å². The molecule has 2 aromatic carbocycles. The summed E-state index contributed by atoms with van der Waals surface area (Å²) in [6.45, 7) is 0. The van der Waals surface area contributed by atoms with E-state index in [4.69, 9.17) is 28.3 Å². The predicted octanol–water partition coefficient (Wildman–Crippen LogP) is 5.38. The number of carbonyl (C=O) groups is 1. The fourth-order valence-corrected chi connectivity index (χ4v) is 3.14. The number of hydrogen-bond donors (Lipinski definition) is 1. The normalized spacial score (nSPS) is 11.0. The fraction of sp³-hybridized carbons (Fsp3) is 0.0625. The van der Waals surface area contributed by atoms with Gasteiger partial charge in [-0.1, -0.05) is 47.5 Å². The second kappa shape index (κ2) is 7.55. The number of carboxylic acid groups (broad SMARTS) is 1. The molecule has 0 aliphatic carbocycles. The van der Waals surface area contributed by atoms with E-state index in [0.717, 1.165) is 27.9 Å². The first-order valence-corrected chi connectivity index (χ1v) is 7.86. The molecule has 2 aromatic rings. The third kappa shape index (κ3) is 5.12. The van der Waals surface area contributed by atoms with Crippen molar-refractivity contribution in [2.75, 3.05) is 0 Å². The number of aliphatic carboxylic acids is 1. The van der Waals surface area contributed by atoms with Crippen molar-refractivity contribution < 1.29 is 9.90 Å². The minimum atomic E-state index is -0.958. The van der Waals surface area contributed by atoms with Crippen LogP contribution in [0.2, 0.25) is 10.0 Å². The molecule has 0 heterocycles. The zero-order valence-corrected chi connectivity index (χ0v) is 13.3. The highest BCUT2D eigenvalue weighted by atomic mass is 35.5. The van der Waals surface area contributed by atoms with Gasteiger partial charge in [0.1, 0.15) is 0 Å². The molecule has 5 heteroatoms. The summed E-state index contributed by atoms with van der Waals surface area (Å²) < 4.78 is 0. The Labute approximate surface area is 137 Å². The Kier molecular flexibility index (Phi) is 5.74. The van der Waals surface area contributed by atoms with Gasteiger partial charge in [0, 0.05) is 21.7 Å². The molecule has 0 aliphatic rings. The van der Waals surface area contributed by atoms with Crippen molar-refractivity contribution in [3.05, 3.63) is 69.7 Å². The van der Waals surface area contributed by atoms with E-state index in [2.05, 4.69) is 0 Å². The van der Waals surface area contributed by atoms with Gasteiger partial charge in [0.15, 0.2) is 0 Å². The molecule has 0 bridgehead atoms. The second-order valence-electron chi connectivity index (χ2n) is 4.28. The molecule has 2 nitrogen and oxygen atoms in total. The third-order valence-corrected chi connectivity index (χ3v) is 4.46. The SMILES string of the molecule is O=C(O)C=Cc1cccc(CSc2cc(Cl)ccc2Cl)c1. The fourth-order valence-electron chi connectivity index (χ4n) is 1.70. The van der Waals surface area contributed by atoms with Crippen molar-refractivity contribution in [2.45, 2.75) is 10.6 Å². The van der Waals surface area contributed by atoms with Gasteiger partial charge in [0.2, 0.25) is 0 Å². The number of carboxylic acids is 1. The van der Waals surface area contributed by atoms with E-state index in [0.29, 0.717) is 10.0 Å². The van der Waals surface area contributed by atoms with Crippen molar-refractivity contribution in [3.63, 3.8) is 0 Å². The average molecular weight is 339 g/mol. The minimum Gasteiger partial charge on any atom is -0.478 e. The molecule has 0 saturated carbocycles. The van der Waals surface area contributed by atoms with Crippen LogP contribution in [0.25, 0.3) is 6.08 Å². The highest BCUT2D eigenvalue weighted by Crippen LogP contribution is 2.32. The van der Waals surface area contributed by atoms with Crippen molar-refractivity contribution in [1.82, 2.24) is 0 Å². The summed E-state index contributed by atoms with van der Waals surface area (Å²) in [4.78, 5) is 11.4. The van der Waals surface area contributed by atoms with Gasteiger partial charge in [0.05, 0.1) is 5.02 Å². The first kappa shape index (κ1) is 16.0. The third-order valence-electron chi connectivity index (χ3n) is 2.66. The summed E-state index contributed by atoms with van der Waals surface area (Å²) >= 11 is 13.7. The van der Waals surface area contributed by atoms with Gasteiger partial charge in [-0.2, -0.15) is 0 Å². The maximum atomic E-state index is 10.5. The summed E-state index contributed by atoms with van der Waals surface area (Å²) in [6.07, 6.45) is 2.70. The molecular weight excluding hydrogens is 327 g/mol. The zero-order valence-electron chi connectivity index (χ0n) is 10.9. The molecule has 108 valence electrons. The maximum absolute atomic E-state index is 10.5. The lowest BCUT2D eigenvalue weighted by Gasteiger charge is -2.06. The first-order valence-electron chi connectivity index (χ1n) is 6.12. The number of rotatable bonds is 5. The Morgan fingerprint density at radius 2 is 2.00 bits per heavy atom. The summed E-state index contributed by atoms with van der Waals surface area (Å²) in [5.41, 5.74) is 1.94. The van der Waals surface area contributed by atoms with Crippen molar-refractivity contribution >= 4 is 47.0 Å². The minimum absolute atomic E-state index is 0.653. The zero-order chi connectivity index (χ0) is 15.2. The Morgan fingerprint density at radius 1 is 1.19 bits per heavy atom. The number of halogens is 2. The lowest BCUT2D eigenvalue weighted by Crippen LogP contribution is -1.87. The van der Waals surface area contributed by atoms with Crippen molar-refractivity contribution in [2.24, 2.45) is 0 Å². The molecule has 0 aromatic heterocycles. The van der Waals surface area contributed by atoms with Crippen molar-refractivity contribution in [3.8, 4) is 0 Å². The summed E-state index contributed by atoms with van der Waals surface area (Å²) in [6, 6.07) is 13.1. The van der Waals surface area contributed by atoms with E-state index in [1.807, 2.05) is 30.3 Å². The van der Waals surface area contributed by atoms with Crippen molar-refractivity contribution in [1.29, 1.82) is 0 Å². The van der Waals surface area contributed by atoms with Crippen LogP contribution in [0, 0.1) is 0 Å². The molecule has 0 aliphatic heterocycles. The Hall–Kier alpha value is -1.42. The standard InChI is InChI=1S/C16H12Cl2O2S/c17-13-5-6-14(18)15(9-13)21-10-12-3-1-2-11(8-12)4-7-16(19)20/h1-9H,10H2,(H,19,20). The highest BCUT2D eigenvalue weighted by Gasteiger charge is 2.03. The van der Waals surface area contributed by atoms with E-state index < -0.39 is 5.97 Å². The number of hydrogen-bond acceptors (Lipinski definition) is 2. The molecule has 0 fully saturated rings. The summed E-state index contributed by atoms with van der Waals surface area (Å²) in [5.74, 6) is -0.227. The van der Waals surface area contributed by atoms with Gasteiger partial charge in [-0.25, -0.2) is 4.79 Å². The van der Waals surface area contributed by atoms with Gasteiger partial charge in [-0.15, -0.1) is 11.8 Å². The average Bonchev–Trinajstić information content (AvgIpc) is 2.46. The molecule has 2 rings (SSSR count). The van der Waals surface area contributed by atoms with E-state index in [1.165, 1.54) is 0 Å². The highest BCUT2D eigenvalue weighted by molar-refractivity contribution is 7.98. The van der Waals surface area contributed by atoms with Gasteiger partial charge >= 0.3 is 5.97 Å². The molecule has 1 N–H and O–H groups in total. The molecule has 0 unspecified atom stereocenters. The Bertz CT molecular complexity index is 684. The molecule has 0 radical (unpaired) electrons. The van der Waals surface area contributed by atoms with E-state index in [-0.39, 0.29) is 0 Å². The van der Waals surface area contributed by atoms with Crippen LogP contribution in [-0.2, 0) is 10.5 Å². The molecule has 0 saturated heterocycles. The quantitative estimate of drug-likeness (QED) is 0.587. The summed E-state index contributed by atoms with van der Waals surface area (Å²) in [7, 11) is 0. The summed E-state index contributed by atoms with van der Waals surface area (Å²) in [5, 5.41) is 9.96. The van der Waals surface area contributed by atoms with Crippen LogP contribution in [0.15, 0.2) is 53.4 Å². The lowest BCUT2D eigenvalue weighted by molar-refractivity contribution is -0.131. The van der Waals surface area contributed by atoms with Gasteiger partial charge in [-0.3, -0.25) is 0 Å². The van der Waals surface area contributed by atoms with Crippen LogP contribution in [-0.4, -0.2) is 11.1 Å². The van der Waals surface area contributed by atoms with E-state index in [1.54, 1.807) is 30.0 Å². The molecule has 0 atom stereocenters. The number of benzene rings is 2. The Balaban J connectivity index is 2.08. The lowest BCUT2D eigenvalue weighted by atomic mass is 10.1. The largest absolute Gasteiger partial charge is 0.478 e. The molecule has 0 spiro atoms. The predicted molar refractivity (Wildman–Crippen MR) is 89.1 cm³/mol. The van der Waals surface area contributed by atoms with Gasteiger partial charge in [0.25, 0.3) is 0 Å². The molecule has 21 heavy (non-hydrogen) atoms. The van der Waals surface area contributed by atoms with Crippen LogP contribution >= 0.6 is 35.0 Å². The van der Waals surface area contributed by atoms with Gasteiger partial charge < -0.3 is 5.11 Å².